The zero-order chi connectivity index (χ0) is 89.1. The number of benzene rings is 20. The van der Waals surface area contributed by atoms with E-state index in [0.29, 0.717) is 11.0 Å². The topological polar surface area (TPSA) is 198 Å². The Morgan fingerprint density at radius 1 is 0.138 bits per heavy atom. The highest BCUT2D eigenvalue weighted by Crippen LogP contribution is 2.48. The molecule has 0 unspecified atom stereocenters. The van der Waals surface area contributed by atoms with Crippen molar-refractivity contribution >= 4 is 292 Å². The maximum Gasteiger partial charge on any atom is 0.488 e. The largest absolute Gasteiger partial charge is 0.488 e. The Balaban J connectivity index is 0.000000110. The summed E-state index contributed by atoms with van der Waals surface area (Å²) in [6.45, 7) is 0. The fraction of sp³-hybridized carbons (Fsp3) is 0.0164. The van der Waals surface area contributed by atoms with Gasteiger partial charge in [-0.25, -0.2) is 0 Å². The van der Waals surface area contributed by atoms with Crippen molar-refractivity contribution < 1.29 is 63.1 Å². The van der Waals surface area contributed by atoms with E-state index >= 15 is 0 Å². The highest BCUT2D eigenvalue weighted by Gasteiger charge is 2.25. The van der Waals surface area contributed by atoms with Crippen molar-refractivity contribution in [1.82, 2.24) is 0 Å². The molecule has 0 saturated carbocycles. The third-order valence-electron chi connectivity index (χ3n) is 27.7. The van der Waals surface area contributed by atoms with Crippen LogP contribution in [0.5, 0.6) is 0 Å². The number of hydrogen-bond acceptors (Lipinski definition) is 14. The highest BCUT2D eigenvalue weighted by atomic mass is 79.9. The van der Waals surface area contributed by atoms with Crippen LogP contribution in [0.4, 0.5) is 0 Å². The molecular weight excluding hydrogens is 1780 g/mol. The van der Waals surface area contributed by atoms with E-state index in [2.05, 4.69) is 265 Å². The van der Waals surface area contributed by atoms with Crippen LogP contribution in [-0.4, -0.2) is 17.2 Å². The van der Waals surface area contributed by atoms with Gasteiger partial charge in [0.2, 0.25) is 0 Å². The van der Waals surface area contributed by atoms with Gasteiger partial charge in [-0.3, -0.25) is 0 Å². The fourth-order valence-corrected chi connectivity index (χ4v) is 21.4. The van der Waals surface area contributed by atoms with Crippen molar-refractivity contribution in [2.24, 2.45) is 0 Å². The molecule has 138 heavy (non-hydrogen) atoms. The normalized spacial score (nSPS) is 12.2. The van der Waals surface area contributed by atoms with Crippen LogP contribution in [0.2, 0.25) is 0 Å². The Kier molecular flexibility index (Phi) is 17.0. The highest BCUT2D eigenvalue weighted by molar-refractivity contribution is 9.10. The van der Waals surface area contributed by atoms with Gasteiger partial charge >= 0.3 is 7.12 Å². The summed E-state index contributed by atoms with van der Waals surface area (Å²) in [5.41, 5.74) is 31.7. The molecule has 0 fully saturated rings. The standard InChI is InChI=1S/C60H30O6.C30H17BO5.C30H15BrO3.2CH4/c1-3-7-49-37(5-1)39-21-31(9-15-51(39)61-49)33-11-17-53-41(23-33)45-27-59-47(29-57(45)63-53)43-25-35(13-19-55(43)65-59)36-14-20-56-44(26-36)48-30-58-46(28-60(48)66-56)42-24-34(12-18-54(42)64-58)32-10-16-52-40(22-32)38-6-2-4-8-50(38)62-52;32-31(33)18-7-10-28-22(13-18)24-15-29-23(14-30(24)36-28)21-12-17(6-9-27(21)35-29)16-5-8-26-20(11-16)19-3-1-2-4-25(19)34-26;31-18-7-10-28-22(13-18)24-15-29-23(14-30(24)34-28)21-12-17(6-9-27(21)33-29)16-5-8-26-20(11-16)19-3-1-2-4-25(19)32-26;;/h1-30H;1-15,32-33H;1-15H;2*1H4. The molecule has 0 aliphatic carbocycles. The second-order valence-electron chi connectivity index (χ2n) is 35.5. The van der Waals surface area contributed by atoms with Crippen molar-refractivity contribution in [3.05, 3.63) is 368 Å². The Bertz CT molecular complexity index is 10500. The predicted octanol–water partition coefficient (Wildman–Crippen LogP) is 35.9. The van der Waals surface area contributed by atoms with E-state index in [-0.39, 0.29) is 14.9 Å². The molecule has 32 aromatic rings. The zero-order valence-electron chi connectivity index (χ0n) is 71.4. The minimum atomic E-state index is -1.54. The molecule has 0 aliphatic rings. The molecule has 2 N–H and O–H groups in total. The summed E-state index contributed by atoms with van der Waals surface area (Å²) >= 11 is 3.57. The number of halogens is 1. The lowest BCUT2D eigenvalue weighted by atomic mass is 9.80. The first-order valence-electron chi connectivity index (χ1n) is 44.9. The van der Waals surface area contributed by atoms with Gasteiger partial charge in [0.05, 0.1) is 0 Å². The molecule has 0 aliphatic heterocycles. The molecule has 0 amide bonds. The van der Waals surface area contributed by atoms with Crippen molar-refractivity contribution in [1.29, 1.82) is 0 Å². The van der Waals surface area contributed by atoms with Gasteiger partial charge in [0.15, 0.2) is 0 Å². The molecule has 12 aromatic heterocycles. The quantitative estimate of drug-likeness (QED) is 0.149. The molecule has 0 spiro atoms. The van der Waals surface area contributed by atoms with Crippen molar-refractivity contribution in [3.63, 3.8) is 0 Å². The van der Waals surface area contributed by atoms with Gasteiger partial charge in [-0.05, 0) is 279 Å². The summed E-state index contributed by atoms with van der Waals surface area (Å²) in [5.74, 6) is 0. The molecule has 16 heteroatoms. The number of hydrogen-bond donors (Lipinski definition) is 2. The number of rotatable bonds is 6. The van der Waals surface area contributed by atoms with Crippen LogP contribution in [0, 0.1) is 0 Å². The number of fused-ring (bicyclic) bond motifs is 36. The van der Waals surface area contributed by atoms with Crippen LogP contribution < -0.4 is 5.46 Å². The average Bonchev–Trinajstić information content (AvgIpc) is 1.58. The predicted molar refractivity (Wildman–Crippen MR) is 565 cm³/mol. The van der Waals surface area contributed by atoms with Crippen LogP contribution >= 0.6 is 15.9 Å². The number of para-hydroxylation sites is 4. The second kappa shape index (κ2) is 29.7. The molecule has 652 valence electrons. The molecule has 20 aromatic carbocycles. The Hall–Kier alpha value is -17.5. The summed E-state index contributed by atoms with van der Waals surface area (Å²) < 4.78 is 76.0. The monoisotopic (exact) mass is 1850 g/mol. The Morgan fingerprint density at radius 2 is 0.283 bits per heavy atom. The summed E-state index contributed by atoms with van der Waals surface area (Å²) in [6, 6.07) is 124. The molecule has 0 radical (unpaired) electrons. The lowest BCUT2D eigenvalue weighted by Crippen LogP contribution is -2.29. The van der Waals surface area contributed by atoms with Gasteiger partial charge < -0.3 is 63.1 Å². The van der Waals surface area contributed by atoms with Crippen LogP contribution in [0.25, 0.3) is 319 Å². The van der Waals surface area contributed by atoms with Gasteiger partial charge in [-0.15, -0.1) is 0 Å². The van der Waals surface area contributed by atoms with Crippen LogP contribution in [0.1, 0.15) is 14.9 Å². The second-order valence-corrected chi connectivity index (χ2v) is 36.4. The molecule has 0 atom stereocenters. The zero-order valence-corrected chi connectivity index (χ0v) is 73.0. The fourth-order valence-electron chi connectivity index (χ4n) is 21.0. The van der Waals surface area contributed by atoms with E-state index in [1.165, 1.54) is 0 Å². The summed E-state index contributed by atoms with van der Waals surface area (Å²) in [7, 11) is -1.54. The average molecular weight is 1850 g/mol. The molecule has 32 rings (SSSR count). The Morgan fingerprint density at radius 3 is 0.486 bits per heavy atom. The third kappa shape index (κ3) is 12.2. The van der Waals surface area contributed by atoms with Gasteiger partial charge in [-0.1, -0.05) is 176 Å². The van der Waals surface area contributed by atoms with Gasteiger partial charge in [-0.2, -0.15) is 0 Å². The van der Waals surface area contributed by atoms with E-state index in [1.54, 1.807) is 18.2 Å². The summed E-state index contributed by atoms with van der Waals surface area (Å²) in [6.07, 6.45) is 0. The van der Waals surface area contributed by atoms with Crippen LogP contribution in [0.3, 0.4) is 0 Å². The van der Waals surface area contributed by atoms with Crippen molar-refractivity contribution in [2.75, 3.05) is 0 Å². The molecular formula is C122H70BBrO14. The van der Waals surface area contributed by atoms with Gasteiger partial charge in [0.25, 0.3) is 0 Å². The lowest BCUT2D eigenvalue weighted by Gasteiger charge is -2.02. The summed E-state index contributed by atoms with van der Waals surface area (Å²) in [5, 5.41) is 44.2. The first kappa shape index (κ1) is 79.1. The van der Waals surface area contributed by atoms with Crippen LogP contribution in [-0.2, 0) is 0 Å². The first-order chi connectivity index (χ1) is 66.9. The molecule has 14 nitrogen and oxygen atoms in total. The minimum Gasteiger partial charge on any atom is -0.456 e. The molecule has 0 saturated heterocycles. The molecule has 0 bridgehead atoms. The van der Waals surface area contributed by atoms with E-state index in [9.17, 15) is 10.0 Å². The van der Waals surface area contributed by atoms with Gasteiger partial charge in [0.1, 0.15) is 134 Å². The van der Waals surface area contributed by atoms with E-state index in [4.69, 9.17) is 53.0 Å². The Labute approximate surface area is 788 Å². The van der Waals surface area contributed by atoms with E-state index < -0.39 is 7.12 Å². The minimum absolute atomic E-state index is 0. The van der Waals surface area contributed by atoms with Gasteiger partial charge in [0, 0.05) is 134 Å². The van der Waals surface area contributed by atoms with Crippen LogP contribution in [0.15, 0.2) is 421 Å². The summed E-state index contributed by atoms with van der Waals surface area (Å²) in [4.78, 5) is 0. The maximum absolute atomic E-state index is 9.58. The van der Waals surface area contributed by atoms with E-state index in [1.807, 2.05) is 97.1 Å². The lowest BCUT2D eigenvalue weighted by molar-refractivity contribution is 0.426. The third-order valence-corrected chi connectivity index (χ3v) is 28.2. The SMILES string of the molecule is Brc1ccc2oc3cc4c(cc3c2c1)oc1ccc(-c2ccc3oc5ccccc5c3c2)cc14.C.C.OB(O)c1ccc2oc3cc4c(cc3c2c1)oc1ccc(-c2ccc3oc5ccccc5c3c2)cc14.c1ccc2c(c1)oc1ccc(-c3ccc4oc5cc6c(cc5c4c3)oc3ccc(-c4ccc5oc7cc8c(cc7c5c4)oc4ccc(-c5ccc7oc9ccccc9c7c5)cc48)cc36)cc12. The van der Waals surface area contributed by atoms with E-state index in [0.717, 1.165) is 318 Å². The molecule has 12 heterocycles. The number of furan rings is 12. The smallest absolute Gasteiger partial charge is 0.456 e. The first-order valence-corrected chi connectivity index (χ1v) is 45.7. The van der Waals surface area contributed by atoms with Crippen molar-refractivity contribution in [2.45, 2.75) is 14.9 Å². The van der Waals surface area contributed by atoms with Crippen molar-refractivity contribution in [3.8, 4) is 55.6 Å². The maximum atomic E-state index is 9.58.